The van der Waals surface area contributed by atoms with Gasteiger partial charge in [-0.25, -0.2) is 0 Å². The summed E-state index contributed by atoms with van der Waals surface area (Å²) in [5.74, 6) is 1.21. The van der Waals surface area contributed by atoms with Crippen LogP contribution >= 0.6 is 22.5 Å². The minimum atomic E-state index is -0.243. The molecular formula is C22H38N2O5S2. The van der Waals surface area contributed by atoms with Crippen molar-refractivity contribution in [3.05, 3.63) is 29.8 Å². The van der Waals surface area contributed by atoms with Crippen molar-refractivity contribution in [1.29, 1.82) is 0 Å². The van der Waals surface area contributed by atoms with Gasteiger partial charge in [-0.1, -0.05) is 30.7 Å². The van der Waals surface area contributed by atoms with Crippen molar-refractivity contribution in [3.8, 4) is 5.75 Å². The summed E-state index contributed by atoms with van der Waals surface area (Å²) in [5.41, 5.74) is 0.316. The molecule has 1 rings (SSSR count). The molecule has 0 radical (unpaired) electrons. The molecule has 0 bridgehead atoms. The molecule has 0 saturated carbocycles. The van der Waals surface area contributed by atoms with Crippen LogP contribution in [0, 0.1) is 5.92 Å². The predicted molar refractivity (Wildman–Crippen MR) is 130 cm³/mol. The lowest BCUT2D eigenvalue weighted by atomic mass is 10.1. The van der Waals surface area contributed by atoms with Crippen molar-refractivity contribution in [2.45, 2.75) is 32.1 Å². The summed E-state index contributed by atoms with van der Waals surface area (Å²) in [5, 5.41) is 5.83. The fourth-order valence-corrected chi connectivity index (χ4v) is 3.21. The normalized spacial score (nSPS) is 12.2. The van der Waals surface area contributed by atoms with E-state index in [1.54, 1.807) is 18.2 Å². The van der Waals surface area contributed by atoms with Gasteiger partial charge in [-0.05, 0) is 44.0 Å². The highest BCUT2D eigenvalue weighted by Crippen LogP contribution is 2.19. The Balaban J connectivity index is 2.17. The van der Waals surface area contributed by atoms with Crippen molar-refractivity contribution in [3.63, 3.8) is 0 Å². The number of thiol groups is 1. The van der Waals surface area contributed by atoms with Gasteiger partial charge in [-0.2, -0.15) is 0 Å². The lowest BCUT2D eigenvalue weighted by Crippen LogP contribution is -2.30. The van der Waals surface area contributed by atoms with E-state index in [2.05, 4.69) is 36.1 Å². The van der Waals surface area contributed by atoms with Gasteiger partial charge in [0.25, 0.3) is 5.91 Å². The van der Waals surface area contributed by atoms with Gasteiger partial charge in [0.15, 0.2) is 0 Å². The van der Waals surface area contributed by atoms with Crippen molar-refractivity contribution in [1.82, 2.24) is 10.6 Å². The van der Waals surface area contributed by atoms with E-state index in [9.17, 15) is 4.79 Å². The zero-order valence-electron chi connectivity index (χ0n) is 18.9. The predicted octanol–water partition coefficient (Wildman–Crippen LogP) is 3.40. The molecule has 7 nitrogen and oxygen atoms in total. The number of rotatable bonds is 19. The largest absolute Gasteiger partial charge is 0.490 e. The van der Waals surface area contributed by atoms with E-state index < -0.39 is 0 Å². The van der Waals surface area contributed by atoms with E-state index in [1.165, 1.54) is 17.2 Å². The van der Waals surface area contributed by atoms with Crippen LogP contribution in [0.4, 0.5) is 0 Å². The first-order valence-electron chi connectivity index (χ1n) is 10.8. The summed E-state index contributed by atoms with van der Waals surface area (Å²) in [7, 11) is 3.12. The van der Waals surface area contributed by atoms with E-state index in [0.717, 1.165) is 25.5 Å². The molecule has 0 fully saturated rings. The molecule has 0 aliphatic heterocycles. The third-order valence-electron chi connectivity index (χ3n) is 4.23. The average molecular weight is 475 g/mol. The summed E-state index contributed by atoms with van der Waals surface area (Å²) in [4.78, 5) is 12.1. The van der Waals surface area contributed by atoms with Crippen LogP contribution in [-0.2, 0) is 14.2 Å². The van der Waals surface area contributed by atoms with Crippen LogP contribution in [0.5, 0.6) is 5.75 Å². The highest BCUT2D eigenvalue weighted by atomic mass is 33.1. The molecule has 0 aromatic heterocycles. The van der Waals surface area contributed by atoms with E-state index in [1.807, 2.05) is 13.1 Å². The number of carbonyl (C=O) groups excluding carboxylic acids is 1. The summed E-state index contributed by atoms with van der Waals surface area (Å²) >= 11 is 4.25. The first-order valence-corrected chi connectivity index (χ1v) is 12.7. The number of hydrogen-bond donors (Lipinski definition) is 3. The van der Waals surface area contributed by atoms with Crippen LogP contribution in [0.1, 0.15) is 37.0 Å². The van der Waals surface area contributed by atoms with Gasteiger partial charge >= 0.3 is 0 Å². The lowest BCUT2D eigenvalue weighted by molar-refractivity contribution is 0.00109. The van der Waals surface area contributed by atoms with E-state index in [-0.39, 0.29) is 11.3 Å². The molecule has 0 heterocycles. The molecule has 1 amide bonds. The van der Waals surface area contributed by atoms with Crippen molar-refractivity contribution < 1.29 is 23.7 Å². The fourth-order valence-electron chi connectivity index (χ4n) is 2.56. The first-order chi connectivity index (χ1) is 15.1. The Hall–Kier alpha value is -0.970. The smallest absolute Gasteiger partial charge is 0.251 e. The third kappa shape index (κ3) is 14.7. The van der Waals surface area contributed by atoms with E-state index in [0.29, 0.717) is 50.9 Å². The molecule has 31 heavy (non-hydrogen) atoms. The molecule has 1 unspecified atom stereocenters. The topological polar surface area (TPSA) is 78.1 Å². The van der Waals surface area contributed by atoms with Crippen molar-refractivity contribution in [2.24, 2.45) is 5.92 Å². The Bertz CT molecular complexity index is 593. The number of nitrogens with one attached hydrogen (secondary N) is 2. The molecule has 0 spiro atoms. The van der Waals surface area contributed by atoms with Gasteiger partial charge in [-0.3, -0.25) is 4.79 Å². The highest BCUT2D eigenvalue weighted by Gasteiger charge is 2.11. The number of ether oxygens (including phenoxy) is 4. The molecule has 178 valence electrons. The van der Waals surface area contributed by atoms with E-state index >= 15 is 0 Å². The standard InChI is InChI=1S/C22H38N2O5S2/c1-18(2)6-5-11-26-12-13-27-14-15-28-21(31-30)17-29-20-8-4-7-19(16-20)22(25)24-10-9-23-3/h4,7-8,16,18,21,23,30H,5-6,9-15,17H2,1-3H3,(H,24,25). The second kappa shape index (κ2) is 18.6. The molecule has 0 aliphatic carbocycles. The van der Waals surface area contributed by atoms with Crippen LogP contribution in [-0.4, -0.2) is 71.1 Å². The average Bonchev–Trinajstić information content (AvgIpc) is 2.77. The summed E-state index contributed by atoms with van der Waals surface area (Å²) < 4.78 is 22.6. The Kier molecular flexibility index (Phi) is 16.8. The Morgan fingerprint density at radius 3 is 2.55 bits per heavy atom. The molecular weight excluding hydrogens is 436 g/mol. The maximum atomic E-state index is 12.1. The van der Waals surface area contributed by atoms with Crippen LogP contribution < -0.4 is 15.4 Å². The Labute approximate surface area is 196 Å². The zero-order chi connectivity index (χ0) is 22.7. The van der Waals surface area contributed by atoms with Gasteiger partial charge < -0.3 is 29.6 Å². The Morgan fingerprint density at radius 1 is 1.10 bits per heavy atom. The second-order valence-corrected chi connectivity index (χ2v) is 8.73. The van der Waals surface area contributed by atoms with Gasteiger partial charge in [0.1, 0.15) is 17.8 Å². The third-order valence-corrected chi connectivity index (χ3v) is 5.45. The monoisotopic (exact) mass is 474 g/mol. The van der Waals surface area contributed by atoms with Gasteiger partial charge in [0.2, 0.25) is 0 Å². The molecule has 1 aromatic carbocycles. The summed E-state index contributed by atoms with van der Waals surface area (Å²) in [6.45, 7) is 8.92. The molecule has 1 atom stereocenters. The fraction of sp³-hybridized carbons (Fsp3) is 0.682. The second-order valence-electron chi connectivity index (χ2n) is 7.36. The molecule has 9 heteroatoms. The minimum absolute atomic E-state index is 0.127. The number of benzene rings is 1. The first kappa shape index (κ1) is 28.1. The van der Waals surface area contributed by atoms with Gasteiger partial charge in [0.05, 0.1) is 26.4 Å². The van der Waals surface area contributed by atoms with Crippen LogP contribution in [0.25, 0.3) is 0 Å². The zero-order valence-corrected chi connectivity index (χ0v) is 20.6. The van der Waals surface area contributed by atoms with Gasteiger partial charge in [0, 0.05) is 25.3 Å². The van der Waals surface area contributed by atoms with Crippen LogP contribution in [0.3, 0.4) is 0 Å². The van der Waals surface area contributed by atoms with Crippen LogP contribution in [0.15, 0.2) is 24.3 Å². The Morgan fingerprint density at radius 2 is 1.84 bits per heavy atom. The number of likely N-dealkylation sites (N-methyl/N-ethyl adjacent to an activating group) is 1. The lowest BCUT2D eigenvalue weighted by Gasteiger charge is -2.16. The van der Waals surface area contributed by atoms with Crippen molar-refractivity contribution in [2.75, 3.05) is 59.8 Å². The maximum absolute atomic E-state index is 12.1. The van der Waals surface area contributed by atoms with Crippen LogP contribution in [0.2, 0.25) is 0 Å². The quantitative estimate of drug-likeness (QED) is 0.123. The molecule has 2 N–H and O–H groups in total. The molecule has 0 saturated heterocycles. The SMILES string of the molecule is CNCCNC(=O)c1cccc(OCC(OCCOCCOCCCC(C)C)SS)c1. The maximum Gasteiger partial charge on any atom is 0.251 e. The van der Waals surface area contributed by atoms with Gasteiger partial charge in [-0.15, -0.1) is 11.7 Å². The summed E-state index contributed by atoms with van der Waals surface area (Å²) in [6.07, 6.45) is 2.28. The number of hydrogen-bond acceptors (Lipinski definition) is 8. The molecule has 1 aromatic rings. The number of amides is 1. The summed E-state index contributed by atoms with van der Waals surface area (Å²) in [6, 6.07) is 7.09. The minimum Gasteiger partial charge on any atom is -0.490 e. The number of carbonyl (C=O) groups is 1. The highest BCUT2D eigenvalue weighted by molar-refractivity contribution is 8.68. The van der Waals surface area contributed by atoms with E-state index in [4.69, 9.17) is 18.9 Å². The van der Waals surface area contributed by atoms with Crippen molar-refractivity contribution >= 4 is 28.4 Å². The molecule has 0 aliphatic rings.